The van der Waals surface area contributed by atoms with Gasteiger partial charge in [-0.05, 0) is 67.5 Å². The van der Waals surface area contributed by atoms with Gasteiger partial charge in [0.05, 0.1) is 0 Å². The molecule has 1 amide bonds. The molecule has 0 N–H and O–H groups in total. The molecule has 2 atom stereocenters. The molecule has 2 fully saturated rings. The van der Waals surface area contributed by atoms with Gasteiger partial charge in [-0.2, -0.15) is 5.10 Å². The van der Waals surface area contributed by atoms with Crippen LogP contribution in [-0.2, 0) is 24.7 Å². The van der Waals surface area contributed by atoms with Crippen LogP contribution in [0.3, 0.4) is 0 Å². The number of carbonyl (C=O) groups excluding carboxylic acids is 1. The lowest BCUT2D eigenvalue weighted by molar-refractivity contribution is -0.136. The van der Waals surface area contributed by atoms with Crippen molar-refractivity contribution in [3.8, 4) is 0 Å². The average molecular weight is 389 g/mol. The number of pyridine rings is 1. The fourth-order valence-electron chi connectivity index (χ4n) is 5.54. The van der Waals surface area contributed by atoms with Gasteiger partial charge in [0.1, 0.15) is 0 Å². The van der Waals surface area contributed by atoms with E-state index < -0.39 is 0 Å². The van der Waals surface area contributed by atoms with Crippen LogP contribution < -0.4 is 0 Å². The maximum absolute atomic E-state index is 13.0. The number of carbonyl (C=O) groups is 1. The molecule has 4 heterocycles. The van der Waals surface area contributed by atoms with E-state index in [4.69, 9.17) is 0 Å². The molecule has 0 spiro atoms. The molecule has 2 aliphatic heterocycles. The van der Waals surface area contributed by atoms with Crippen molar-refractivity contribution < 1.29 is 4.79 Å². The molecular weight excluding hydrogens is 360 g/mol. The van der Waals surface area contributed by atoms with Crippen LogP contribution in [0.5, 0.6) is 0 Å². The number of nitrogens with zero attached hydrogens (tertiary/aromatic N) is 4. The first-order chi connectivity index (χ1) is 14.2. The van der Waals surface area contributed by atoms with Crippen molar-refractivity contribution in [3.63, 3.8) is 0 Å². The van der Waals surface area contributed by atoms with E-state index in [9.17, 15) is 4.79 Å². The third-order valence-electron chi connectivity index (χ3n) is 6.92. The maximum Gasteiger partial charge on any atom is 0.223 e. The summed E-state index contributed by atoms with van der Waals surface area (Å²) in [5, 5.41) is 6.75. The monoisotopic (exact) mass is 388 g/mol. The zero-order valence-electron chi connectivity index (χ0n) is 17.0. The lowest BCUT2D eigenvalue weighted by Crippen LogP contribution is -2.47. The molecule has 0 aliphatic carbocycles. The lowest BCUT2D eigenvalue weighted by atomic mass is 9.84. The first-order valence-electron chi connectivity index (χ1n) is 10.8. The van der Waals surface area contributed by atoms with E-state index in [0.717, 1.165) is 44.2 Å². The van der Waals surface area contributed by atoms with Gasteiger partial charge in [0, 0.05) is 55.2 Å². The van der Waals surface area contributed by atoms with E-state index in [1.165, 1.54) is 16.3 Å². The topological polar surface area (TPSA) is 51.0 Å². The zero-order chi connectivity index (χ0) is 19.8. The predicted molar refractivity (Wildman–Crippen MR) is 113 cm³/mol. The van der Waals surface area contributed by atoms with E-state index in [2.05, 4.69) is 39.2 Å². The van der Waals surface area contributed by atoms with Crippen LogP contribution in [0.25, 0.3) is 10.8 Å². The third kappa shape index (κ3) is 3.54. The molecule has 29 heavy (non-hydrogen) atoms. The molecule has 2 bridgehead atoms. The number of amides is 1. The van der Waals surface area contributed by atoms with Crippen LogP contribution in [0.4, 0.5) is 0 Å². The maximum atomic E-state index is 13.0. The molecule has 0 saturated carbocycles. The second-order valence-corrected chi connectivity index (χ2v) is 8.69. The molecule has 2 aliphatic rings. The fourth-order valence-corrected chi connectivity index (χ4v) is 5.54. The molecule has 2 unspecified atom stereocenters. The number of fused-ring (bicyclic) bond motifs is 3. The van der Waals surface area contributed by atoms with Crippen LogP contribution in [0.15, 0.2) is 48.9 Å². The Morgan fingerprint density at radius 1 is 1.10 bits per heavy atom. The first-order valence-corrected chi connectivity index (χ1v) is 10.8. The van der Waals surface area contributed by atoms with E-state index >= 15 is 0 Å². The molecular formula is C24H28N4O. The second-order valence-electron chi connectivity index (χ2n) is 8.69. The van der Waals surface area contributed by atoms with Crippen molar-refractivity contribution in [2.75, 3.05) is 0 Å². The first kappa shape index (κ1) is 18.3. The van der Waals surface area contributed by atoms with Crippen molar-refractivity contribution in [2.24, 2.45) is 13.0 Å². The summed E-state index contributed by atoms with van der Waals surface area (Å²) >= 11 is 0. The SMILES string of the molecule is Cn1nccc1CCC(=O)N1C2CCC1CC(Cc1cccc3ccncc13)C2. The fraction of sp³-hybridized carbons (Fsp3) is 0.458. The summed E-state index contributed by atoms with van der Waals surface area (Å²) in [5.74, 6) is 0.978. The van der Waals surface area contributed by atoms with E-state index in [1.54, 1.807) is 6.20 Å². The van der Waals surface area contributed by atoms with E-state index in [-0.39, 0.29) is 0 Å². The van der Waals surface area contributed by atoms with Crippen LogP contribution >= 0.6 is 0 Å². The highest BCUT2D eigenvalue weighted by molar-refractivity contribution is 5.84. The zero-order valence-corrected chi connectivity index (χ0v) is 17.0. The largest absolute Gasteiger partial charge is 0.337 e. The lowest BCUT2D eigenvalue weighted by Gasteiger charge is -2.39. The van der Waals surface area contributed by atoms with Crippen molar-refractivity contribution >= 4 is 16.7 Å². The van der Waals surface area contributed by atoms with E-state index in [0.29, 0.717) is 30.3 Å². The molecule has 5 nitrogen and oxygen atoms in total. The minimum Gasteiger partial charge on any atom is -0.337 e. The average Bonchev–Trinajstić information content (AvgIpc) is 3.26. The number of aryl methyl sites for hydroxylation is 2. The Morgan fingerprint density at radius 3 is 2.69 bits per heavy atom. The summed E-state index contributed by atoms with van der Waals surface area (Å²) in [6.07, 6.45) is 12.7. The number of hydrogen-bond acceptors (Lipinski definition) is 3. The van der Waals surface area contributed by atoms with Crippen molar-refractivity contribution in [1.82, 2.24) is 19.7 Å². The minimum absolute atomic E-state index is 0.325. The van der Waals surface area contributed by atoms with Gasteiger partial charge < -0.3 is 4.90 Å². The molecule has 3 aromatic rings. The molecule has 2 aromatic heterocycles. The quantitative estimate of drug-likeness (QED) is 0.666. The van der Waals surface area contributed by atoms with E-state index in [1.807, 2.05) is 30.2 Å². The predicted octanol–water partition coefficient (Wildman–Crippen LogP) is 3.91. The molecule has 5 rings (SSSR count). The van der Waals surface area contributed by atoms with Gasteiger partial charge in [-0.15, -0.1) is 0 Å². The summed E-state index contributed by atoms with van der Waals surface area (Å²) < 4.78 is 1.87. The Morgan fingerprint density at radius 2 is 1.93 bits per heavy atom. The summed E-state index contributed by atoms with van der Waals surface area (Å²) in [6.45, 7) is 0. The Hall–Kier alpha value is -2.69. The Labute approximate surface area is 171 Å². The Kier molecular flexibility index (Phi) is 4.82. The smallest absolute Gasteiger partial charge is 0.223 e. The van der Waals surface area contributed by atoms with Gasteiger partial charge >= 0.3 is 0 Å². The Balaban J connectivity index is 1.25. The van der Waals surface area contributed by atoms with Crippen molar-refractivity contribution in [2.45, 2.75) is 57.0 Å². The summed E-state index contributed by atoms with van der Waals surface area (Å²) in [7, 11) is 1.94. The minimum atomic E-state index is 0.325. The second kappa shape index (κ2) is 7.62. The number of piperidine rings is 1. The van der Waals surface area contributed by atoms with Gasteiger partial charge in [-0.3, -0.25) is 14.5 Å². The normalized spacial score (nSPS) is 23.6. The Bertz CT molecular complexity index is 1010. The summed E-state index contributed by atoms with van der Waals surface area (Å²) in [6, 6.07) is 11.5. The van der Waals surface area contributed by atoms with Gasteiger partial charge in [0.2, 0.25) is 5.91 Å². The molecule has 1 aromatic carbocycles. The summed E-state index contributed by atoms with van der Waals surface area (Å²) in [4.78, 5) is 19.6. The highest BCUT2D eigenvalue weighted by Crippen LogP contribution is 2.40. The molecule has 150 valence electrons. The number of rotatable bonds is 5. The standard InChI is InChI=1S/C24H28N4O/c1-27-20(10-12-26-27)7-8-24(29)28-21-5-6-22(28)15-17(14-21)13-19-4-2-3-18-9-11-25-16-23(18)19/h2-4,9-12,16-17,21-22H,5-8,13-15H2,1H3. The number of aromatic nitrogens is 3. The van der Waals surface area contributed by atoms with Crippen molar-refractivity contribution in [1.29, 1.82) is 0 Å². The molecule has 0 radical (unpaired) electrons. The van der Waals surface area contributed by atoms with Crippen LogP contribution in [0.2, 0.25) is 0 Å². The summed E-state index contributed by atoms with van der Waals surface area (Å²) in [5.41, 5.74) is 2.53. The van der Waals surface area contributed by atoms with Crippen LogP contribution in [0.1, 0.15) is 43.4 Å². The highest BCUT2D eigenvalue weighted by Gasteiger charge is 2.42. The van der Waals surface area contributed by atoms with Gasteiger partial charge in [0.15, 0.2) is 0 Å². The number of benzene rings is 1. The van der Waals surface area contributed by atoms with Gasteiger partial charge in [-0.25, -0.2) is 0 Å². The van der Waals surface area contributed by atoms with Crippen molar-refractivity contribution in [3.05, 3.63) is 60.2 Å². The van der Waals surface area contributed by atoms with Gasteiger partial charge in [-0.1, -0.05) is 18.2 Å². The molecule has 5 heteroatoms. The van der Waals surface area contributed by atoms with Crippen LogP contribution in [0, 0.1) is 5.92 Å². The number of hydrogen-bond donors (Lipinski definition) is 0. The van der Waals surface area contributed by atoms with Crippen LogP contribution in [-0.4, -0.2) is 37.7 Å². The van der Waals surface area contributed by atoms with Gasteiger partial charge in [0.25, 0.3) is 0 Å². The highest BCUT2D eigenvalue weighted by atomic mass is 16.2. The molecule has 2 saturated heterocycles. The third-order valence-corrected chi connectivity index (χ3v) is 6.92.